The first kappa shape index (κ1) is 9.40. The fourth-order valence-electron chi connectivity index (χ4n) is 1.43. The van der Waals surface area contributed by atoms with Gasteiger partial charge in [-0.15, -0.1) is 0 Å². The molecule has 0 saturated carbocycles. The van der Waals surface area contributed by atoms with Crippen molar-refractivity contribution in [3.8, 4) is 0 Å². The van der Waals surface area contributed by atoms with Gasteiger partial charge in [0.05, 0.1) is 11.1 Å². The second-order valence-corrected chi connectivity index (χ2v) is 3.98. The Morgan fingerprint density at radius 1 is 1.64 bits per heavy atom. The van der Waals surface area contributed by atoms with Gasteiger partial charge in [0.15, 0.2) is 0 Å². The molecule has 0 aliphatic carbocycles. The molecule has 0 aliphatic rings. The van der Waals surface area contributed by atoms with Crippen molar-refractivity contribution in [3.05, 3.63) is 29.0 Å². The van der Waals surface area contributed by atoms with E-state index in [4.69, 9.17) is 0 Å². The van der Waals surface area contributed by atoms with E-state index in [9.17, 15) is 4.79 Å². The zero-order valence-corrected chi connectivity index (χ0v) is 9.28. The van der Waals surface area contributed by atoms with Gasteiger partial charge < -0.3 is 4.57 Å². The molecule has 0 radical (unpaired) electrons. The second kappa shape index (κ2) is 3.53. The zero-order valence-electron chi connectivity index (χ0n) is 7.70. The summed E-state index contributed by atoms with van der Waals surface area (Å²) in [6, 6.07) is 5.82. The van der Waals surface area contributed by atoms with Crippen molar-refractivity contribution >= 4 is 32.7 Å². The molecule has 14 heavy (non-hydrogen) atoms. The maximum atomic E-state index is 11.0. The molecule has 0 aliphatic heterocycles. The molecule has 2 heterocycles. The Morgan fingerprint density at radius 2 is 2.43 bits per heavy atom. The molecule has 2 rings (SSSR count). The summed E-state index contributed by atoms with van der Waals surface area (Å²) in [7, 11) is 0. The number of ketones is 1. The molecule has 2 aromatic heterocycles. The average molecular weight is 253 g/mol. The van der Waals surface area contributed by atoms with E-state index in [1.54, 1.807) is 13.1 Å². The predicted molar refractivity (Wildman–Crippen MR) is 58.1 cm³/mol. The molecule has 0 atom stereocenters. The van der Waals surface area contributed by atoms with Crippen LogP contribution in [0.3, 0.4) is 0 Å². The fraction of sp³-hybridized carbons (Fsp3) is 0.200. The van der Waals surface area contributed by atoms with Gasteiger partial charge in [-0.05, 0) is 41.1 Å². The lowest BCUT2D eigenvalue weighted by atomic mass is 10.3. The van der Waals surface area contributed by atoms with Crippen molar-refractivity contribution < 1.29 is 4.79 Å². The van der Waals surface area contributed by atoms with Crippen LogP contribution in [0.2, 0.25) is 0 Å². The summed E-state index contributed by atoms with van der Waals surface area (Å²) in [5, 5.41) is 1.04. The van der Waals surface area contributed by atoms with Crippen LogP contribution >= 0.6 is 15.9 Å². The summed E-state index contributed by atoms with van der Waals surface area (Å²) < 4.78 is 2.75. The van der Waals surface area contributed by atoms with Crippen LogP contribution in [-0.4, -0.2) is 15.3 Å². The largest absolute Gasteiger partial charge is 0.312 e. The number of hydrogen-bond donors (Lipinski definition) is 0. The number of Topliss-reactive ketones (excluding diaryl/α,β-unsaturated/α-hetero) is 1. The summed E-state index contributed by atoms with van der Waals surface area (Å²) in [6.07, 6.45) is 1.73. The third-order valence-electron chi connectivity index (χ3n) is 1.99. The average Bonchev–Trinajstić information content (AvgIpc) is 2.43. The number of carbonyl (C=O) groups is 1. The minimum absolute atomic E-state index is 0.119. The number of aromatic nitrogens is 2. The highest BCUT2D eigenvalue weighted by molar-refractivity contribution is 9.10. The summed E-state index contributed by atoms with van der Waals surface area (Å²) in [5.41, 5.74) is 0.842. The van der Waals surface area contributed by atoms with Crippen molar-refractivity contribution in [2.24, 2.45) is 0 Å². The van der Waals surface area contributed by atoms with Gasteiger partial charge in [-0.1, -0.05) is 0 Å². The van der Waals surface area contributed by atoms with Crippen molar-refractivity contribution in [1.29, 1.82) is 0 Å². The summed E-state index contributed by atoms with van der Waals surface area (Å²) in [5.74, 6) is 0.119. The Kier molecular flexibility index (Phi) is 2.37. The van der Waals surface area contributed by atoms with E-state index < -0.39 is 0 Å². The normalized spacial score (nSPS) is 10.7. The first-order valence-electron chi connectivity index (χ1n) is 4.27. The van der Waals surface area contributed by atoms with E-state index >= 15 is 0 Å². The maximum absolute atomic E-state index is 11.0. The van der Waals surface area contributed by atoms with Crippen LogP contribution < -0.4 is 0 Å². The van der Waals surface area contributed by atoms with Crippen LogP contribution in [0, 0.1) is 0 Å². The topological polar surface area (TPSA) is 34.9 Å². The lowest BCUT2D eigenvalue weighted by Gasteiger charge is -2.02. The van der Waals surface area contributed by atoms with Gasteiger partial charge >= 0.3 is 0 Å². The van der Waals surface area contributed by atoms with Crippen LogP contribution in [-0.2, 0) is 11.3 Å². The molecule has 0 unspecified atom stereocenters. The lowest BCUT2D eigenvalue weighted by Crippen LogP contribution is -2.06. The molecule has 2 aromatic rings. The van der Waals surface area contributed by atoms with Crippen LogP contribution in [0.1, 0.15) is 6.92 Å². The van der Waals surface area contributed by atoms with Crippen LogP contribution in [0.5, 0.6) is 0 Å². The molecular weight excluding hydrogens is 244 g/mol. The summed E-state index contributed by atoms with van der Waals surface area (Å²) in [4.78, 5) is 15.3. The monoisotopic (exact) mass is 252 g/mol. The molecule has 0 N–H and O–H groups in total. The van der Waals surface area contributed by atoms with Crippen molar-refractivity contribution in [3.63, 3.8) is 0 Å². The lowest BCUT2D eigenvalue weighted by molar-refractivity contribution is -0.117. The molecule has 0 bridgehead atoms. The van der Waals surface area contributed by atoms with E-state index in [2.05, 4.69) is 20.9 Å². The highest BCUT2D eigenvalue weighted by atomic mass is 79.9. The Morgan fingerprint density at radius 3 is 3.14 bits per heavy atom. The van der Waals surface area contributed by atoms with Crippen molar-refractivity contribution in [2.75, 3.05) is 0 Å². The van der Waals surface area contributed by atoms with E-state index in [0.717, 1.165) is 15.6 Å². The van der Waals surface area contributed by atoms with Crippen molar-refractivity contribution in [1.82, 2.24) is 9.55 Å². The van der Waals surface area contributed by atoms with Crippen LogP contribution in [0.4, 0.5) is 0 Å². The van der Waals surface area contributed by atoms with E-state index in [1.165, 1.54) is 0 Å². The molecule has 0 saturated heterocycles. The number of halogens is 1. The van der Waals surface area contributed by atoms with Gasteiger partial charge in [-0.25, -0.2) is 4.98 Å². The third-order valence-corrected chi connectivity index (χ3v) is 2.64. The highest BCUT2D eigenvalue weighted by Crippen LogP contribution is 2.21. The molecule has 4 heteroatoms. The van der Waals surface area contributed by atoms with Gasteiger partial charge in [0, 0.05) is 11.6 Å². The number of carbonyl (C=O) groups excluding carboxylic acids is 1. The maximum Gasteiger partial charge on any atom is 0.149 e. The van der Waals surface area contributed by atoms with Crippen LogP contribution in [0.25, 0.3) is 11.0 Å². The summed E-state index contributed by atoms with van der Waals surface area (Å²) in [6.45, 7) is 1.93. The standard InChI is InChI=1S/C10H9BrN2O/c1-7(14)6-13-9(11)5-8-3-2-4-12-10(8)13/h2-5H,6H2,1H3. The predicted octanol–water partition coefficient (Wildman–Crippen LogP) is 2.39. The Balaban J connectivity index is 2.62. The number of pyridine rings is 1. The number of fused-ring (bicyclic) bond motifs is 1. The summed E-state index contributed by atoms with van der Waals surface area (Å²) >= 11 is 3.41. The minimum atomic E-state index is 0.119. The van der Waals surface area contributed by atoms with E-state index in [0.29, 0.717) is 6.54 Å². The molecule has 0 fully saturated rings. The molecule has 72 valence electrons. The first-order valence-corrected chi connectivity index (χ1v) is 5.07. The highest BCUT2D eigenvalue weighted by Gasteiger charge is 2.08. The smallest absolute Gasteiger partial charge is 0.149 e. The first-order chi connectivity index (χ1) is 6.68. The van der Waals surface area contributed by atoms with Gasteiger partial charge in [0.25, 0.3) is 0 Å². The van der Waals surface area contributed by atoms with Gasteiger partial charge in [-0.3, -0.25) is 4.79 Å². The Bertz CT molecular complexity index is 490. The number of nitrogens with zero attached hydrogens (tertiary/aromatic N) is 2. The number of hydrogen-bond acceptors (Lipinski definition) is 2. The molecule has 0 spiro atoms. The molecule has 3 nitrogen and oxygen atoms in total. The minimum Gasteiger partial charge on any atom is -0.312 e. The molecule has 0 amide bonds. The fourth-order valence-corrected chi connectivity index (χ4v) is 1.97. The Hall–Kier alpha value is -1.16. The van der Waals surface area contributed by atoms with Crippen molar-refractivity contribution in [2.45, 2.75) is 13.5 Å². The SMILES string of the molecule is CC(=O)Cn1c(Br)cc2cccnc21. The molecule has 0 aromatic carbocycles. The van der Waals surface area contributed by atoms with E-state index in [1.807, 2.05) is 22.8 Å². The van der Waals surface area contributed by atoms with E-state index in [-0.39, 0.29) is 5.78 Å². The second-order valence-electron chi connectivity index (χ2n) is 3.17. The van der Waals surface area contributed by atoms with Gasteiger partial charge in [0.2, 0.25) is 0 Å². The molecular formula is C10H9BrN2O. The van der Waals surface area contributed by atoms with Gasteiger partial charge in [-0.2, -0.15) is 0 Å². The Labute approximate surface area is 89.9 Å². The third kappa shape index (κ3) is 1.57. The quantitative estimate of drug-likeness (QED) is 0.823. The van der Waals surface area contributed by atoms with Crippen LogP contribution in [0.15, 0.2) is 29.0 Å². The van der Waals surface area contributed by atoms with Gasteiger partial charge in [0.1, 0.15) is 11.4 Å². The number of rotatable bonds is 2. The zero-order chi connectivity index (χ0) is 10.1.